The smallest absolute Gasteiger partial charge is 0.342 e. The van der Waals surface area contributed by atoms with Gasteiger partial charge in [0.25, 0.3) is 0 Å². The molecule has 3 aromatic rings. The van der Waals surface area contributed by atoms with Gasteiger partial charge in [-0.1, -0.05) is 29.8 Å². The summed E-state index contributed by atoms with van der Waals surface area (Å²) in [5, 5.41) is 28.9. The van der Waals surface area contributed by atoms with Crippen molar-refractivity contribution in [1.82, 2.24) is 14.8 Å². The summed E-state index contributed by atoms with van der Waals surface area (Å²) in [6.07, 6.45) is 1.42. The monoisotopic (exact) mass is 401 g/mol. The van der Waals surface area contributed by atoms with Gasteiger partial charge in [-0.25, -0.2) is 4.79 Å². The molecule has 2 N–H and O–H groups in total. The summed E-state index contributed by atoms with van der Waals surface area (Å²) in [6.45, 7) is 2.50. The molecule has 0 spiro atoms. The number of carboxylic acid groups (broad SMARTS) is 1. The lowest BCUT2D eigenvalue weighted by atomic mass is 10.2. The van der Waals surface area contributed by atoms with Crippen LogP contribution < -0.4 is 0 Å². The summed E-state index contributed by atoms with van der Waals surface area (Å²) >= 11 is 6.92. The van der Waals surface area contributed by atoms with Crippen molar-refractivity contribution in [3.05, 3.63) is 64.0 Å². The molecule has 0 aliphatic rings. The topological polar surface area (TPSA) is 88.2 Å². The number of thioether (sulfide) groups is 1. The standard InChI is InChI=1S/C19H16ClN3O3S/c1-2-23-17(12-7-9-14(20)10-8-12)21-22-19(23)27-16(18(25)26)11-13-5-3-4-6-15(13)24/h3-11,24H,2H2,1H3,(H,25,26)/b16-11-. The zero-order valence-corrected chi connectivity index (χ0v) is 15.9. The van der Waals surface area contributed by atoms with Crippen LogP contribution in [0.1, 0.15) is 12.5 Å². The van der Waals surface area contributed by atoms with E-state index in [-0.39, 0.29) is 10.7 Å². The molecule has 0 unspecified atom stereocenters. The maximum Gasteiger partial charge on any atom is 0.342 e. The number of nitrogens with zero attached hydrogens (tertiary/aromatic N) is 3. The molecule has 138 valence electrons. The minimum Gasteiger partial charge on any atom is -0.507 e. The van der Waals surface area contributed by atoms with Gasteiger partial charge in [0, 0.05) is 22.7 Å². The van der Waals surface area contributed by atoms with Crippen LogP contribution in [-0.2, 0) is 11.3 Å². The molecule has 0 aliphatic heterocycles. The van der Waals surface area contributed by atoms with E-state index in [0.717, 1.165) is 17.3 Å². The van der Waals surface area contributed by atoms with Crippen LogP contribution in [0.2, 0.25) is 5.02 Å². The van der Waals surface area contributed by atoms with Crippen molar-refractivity contribution in [1.29, 1.82) is 0 Å². The molecule has 0 saturated heterocycles. The van der Waals surface area contributed by atoms with Gasteiger partial charge in [-0.3, -0.25) is 0 Å². The van der Waals surface area contributed by atoms with Crippen LogP contribution in [0.5, 0.6) is 5.75 Å². The van der Waals surface area contributed by atoms with Crippen LogP contribution in [0.15, 0.2) is 58.6 Å². The summed E-state index contributed by atoms with van der Waals surface area (Å²) in [6, 6.07) is 13.7. The first-order chi connectivity index (χ1) is 13.0. The number of phenols is 1. The molecular formula is C19H16ClN3O3S. The minimum absolute atomic E-state index is 0.00987. The lowest BCUT2D eigenvalue weighted by Gasteiger charge is -2.08. The Kier molecular flexibility index (Phi) is 5.83. The lowest BCUT2D eigenvalue weighted by molar-refractivity contribution is -0.131. The van der Waals surface area contributed by atoms with Crippen molar-refractivity contribution < 1.29 is 15.0 Å². The molecule has 8 heteroatoms. The van der Waals surface area contributed by atoms with Crippen LogP contribution in [0.4, 0.5) is 0 Å². The zero-order chi connectivity index (χ0) is 19.4. The van der Waals surface area contributed by atoms with E-state index in [1.54, 1.807) is 30.3 Å². The van der Waals surface area contributed by atoms with Gasteiger partial charge in [0.05, 0.1) is 0 Å². The number of rotatable bonds is 6. The Morgan fingerprint density at radius 2 is 1.89 bits per heavy atom. The summed E-state index contributed by atoms with van der Waals surface area (Å²) in [5.41, 5.74) is 1.25. The van der Waals surface area contributed by atoms with E-state index in [2.05, 4.69) is 10.2 Å². The van der Waals surface area contributed by atoms with Gasteiger partial charge >= 0.3 is 5.97 Å². The summed E-state index contributed by atoms with van der Waals surface area (Å²) in [7, 11) is 0. The van der Waals surface area contributed by atoms with Crippen LogP contribution in [0, 0.1) is 0 Å². The Morgan fingerprint density at radius 1 is 1.19 bits per heavy atom. The molecular weight excluding hydrogens is 386 g/mol. The second kappa shape index (κ2) is 8.28. The molecule has 0 bridgehead atoms. The number of hydrogen-bond donors (Lipinski definition) is 2. The van der Waals surface area contributed by atoms with Crippen molar-refractivity contribution >= 4 is 35.4 Å². The Balaban J connectivity index is 1.97. The van der Waals surface area contributed by atoms with Crippen molar-refractivity contribution in [2.45, 2.75) is 18.6 Å². The fourth-order valence-corrected chi connectivity index (χ4v) is 3.45. The number of hydrogen-bond acceptors (Lipinski definition) is 5. The zero-order valence-electron chi connectivity index (χ0n) is 14.3. The normalized spacial score (nSPS) is 11.6. The molecule has 1 heterocycles. The molecule has 2 aromatic carbocycles. The molecule has 0 atom stereocenters. The van der Waals surface area contributed by atoms with E-state index < -0.39 is 5.97 Å². The first-order valence-electron chi connectivity index (χ1n) is 8.09. The maximum absolute atomic E-state index is 11.7. The Morgan fingerprint density at radius 3 is 2.52 bits per heavy atom. The van der Waals surface area contributed by atoms with E-state index in [1.807, 2.05) is 23.6 Å². The van der Waals surface area contributed by atoms with Crippen molar-refractivity contribution in [2.24, 2.45) is 0 Å². The summed E-state index contributed by atoms with van der Waals surface area (Å²) in [5.74, 6) is -0.471. The van der Waals surface area contributed by atoms with E-state index in [1.165, 1.54) is 12.1 Å². The number of halogens is 1. The summed E-state index contributed by atoms with van der Waals surface area (Å²) in [4.78, 5) is 11.7. The number of aliphatic carboxylic acids is 1. The third-order valence-electron chi connectivity index (χ3n) is 3.77. The number of phenolic OH excluding ortho intramolecular Hbond substituents is 1. The molecule has 6 nitrogen and oxygen atoms in total. The predicted molar refractivity (Wildman–Crippen MR) is 106 cm³/mol. The Hall–Kier alpha value is -2.77. The molecule has 0 radical (unpaired) electrons. The summed E-state index contributed by atoms with van der Waals surface area (Å²) < 4.78 is 1.83. The molecule has 1 aromatic heterocycles. The lowest BCUT2D eigenvalue weighted by Crippen LogP contribution is -2.02. The number of benzene rings is 2. The van der Waals surface area contributed by atoms with Crippen LogP contribution in [0.25, 0.3) is 17.5 Å². The second-order valence-electron chi connectivity index (χ2n) is 5.53. The molecule has 27 heavy (non-hydrogen) atoms. The van der Waals surface area contributed by atoms with Gasteiger partial charge in [-0.05, 0) is 55.1 Å². The first kappa shape index (κ1) is 19.0. The predicted octanol–water partition coefficient (Wildman–Crippen LogP) is 4.54. The number of carbonyl (C=O) groups is 1. The molecule has 0 aliphatic carbocycles. The SMILES string of the molecule is CCn1c(S/C(=C\c2ccccc2O)C(=O)O)nnc1-c1ccc(Cl)cc1. The van der Waals surface area contributed by atoms with Crippen LogP contribution in [0.3, 0.4) is 0 Å². The van der Waals surface area contributed by atoms with Gasteiger partial charge in [0.2, 0.25) is 0 Å². The minimum atomic E-state index is -1.11. The number of carboxylic acids is 1. The highest BCUT2D eigenvalue weighted by Crippen LogP contribution is 2.32. The maximum atomic E-state index is 11.7. The van der Waals surface area contributed by atoms with E-state index in [9.17, 15) is 15.0 Å². The quantitative estimate of drug-likeness (QED) is 0.465. The fraction of sp³-hybridized carbons (Fsp3) is 0.105. The van der Waals surface area contributed by atoms with Crippen LogP contribution >= 0.6 is 23.4 Å². The van der Waals surface area contributed by atoms with E-state index >= 15 is 0 Å². The first-order valence-corrected chi connectivity index (χ1v) is 9.29. The number of para-hydroxylation sites is 1. The van der Waals surface area contributed by atoms with Gasteiger partial charge in [-0.2, -0.15) is 0 Å². The molecule has 0 saturated carbocycles. The second-order valence-corrected chi connectivity index (χ2v) is 6.98. The third kappa shape index (κ3) is 4.32. The van der Waals surface area contributed by atoms with Crippen molar-refractivity contribution in [2.75, 3.05) is 0 Å². The van der Waals surface area contributed by atoms with E-state index in [0.29, 0.717) is 28.1 Å². The van der Waals surface area contributed by atoms with Crippen molar-refractivity contribution in [3.8, 4) is 17.1 Å². The van der Waals surface area contributed by atoms with Gasteiger partial charge in [0.15, 0.2) is 11.0 Å². The Bertz CT molecular complexity index is 1000. The number of aromatic hydroxyl groups is 1. The highest BCUT2D eigenvalue weighted by Gasteiger charge is 2.18. The average molecular weight is 402 g/mol. The highest BCUT2D eigenvalue weighted by atomic mass is 35.5. The number of aromatic nitrogens is 3. The third-order valence-corrected chi connectivity index (χ3v) is 5.02. The molecule has 3 rings (SSSR count). The largest absolute Gasteiger partial charge is 0.507 e. The average Bonchev–Trinajstić information content (AvgIpc) is 3.06. The van der Waals surface area contributed by atoms with Gasteiger partial charge in [0.1, 0.15) is 10.7 Å². The van der Waals surface area contributed by atoms with Gasteiger partial charge in [-0.15, -0.1) is 10.2 Å². The fourth-order valence-electron chi connectivity index (χ4n) is 2.45. The highest BCUT2D eigenvalue weighted by molar-refractivity contribution is 8.04. The van der Waals surface area contributed by atoms with Gasteiger partial charge < -0.3 is 14.8 Å². The van der Waals surface area contributed by atoms with Crippen molar-refractivity contribution in [3.63, 3.8) is 0 Å². The molecule has 0 amide bonds. The van der Waals surface area contributed by atoms with Crippen LogP contribution in [-0.4, -0.2) is 30.9 Å². The molecule has 0 fully saturated rings. The Labute approximate surface area is 165 Å². The van der Waals surface area contributed by atoms with E-state index in [4.69, 9.17) is 11.6 Å².